The molecule has 1 heterocycles. The molecule has 0 saturated carbocycles. The van der Waals surface area contributed by atoms with Crippen molar-refractivity contribution < 1.29 is 14.4 Å². The summed E-state index contributed by atoms with van der Waals surface area (Å²) in [6.07, 6.45) is 3.45. The Morgan fingerprint density at radius 2 is 1.81 bits per heavy atom. The van der Waals surface area contributed by atoms with E-state index in [1.54, 1.807) is 0 Å². The van der Waals surface area contributed by atoms with Gasteiger partial charge in [-0.3, -0.25) is 19.3 Å². The highest BCUT2D eigenvalue weighted by molar-refractivity contribution is 6.03. The number of imide groups is 1. The highest BCUT2D eigenvalue weighted by Gasteiger charge is 2.39. The second kappa shape index (κ2) is 7.19. The Labute approximate surface area is 128 Å². The van der Waals surface area contributed by atoms with Crippen molar-refractivity contribution in [1.82, 2.24) is 4.90 Å². The van der Waals surface area contributed by atoms with Crippen LogP contribution in [0.4, 0.5) is 0 Å². The molecule has 1 aliphatic rings. The molecule has 1 rings (SSSR count). The van der Waals surface area contributed by atoms with Gasteiger partial charge in [-0.1, -0.05) is 41.0 Å². The van der Waals surface area contributed by atoms with Crippen LogP contribution < -0.4 is 0 Å². The highest BCUT2D eigenvalue weighted by Crippen LogP contribution is 2.26. The second-order valence-corrected chi connectivity index (χ2v) is 7.42. The van der Waals surface area contributed by atoms with Crippen LogP contribution in [0.2, 0.25) is 0 Å². The molecule has 4 heteroatoms. The number of likely N-dealkylation sites (tertiary alicyclic amines) is 1. The molecular formula is C17H29NO3. The van der Waals surface area contributed by atoms with Gasteiger partial charge in [-0.2, -0.15) is 0 Å². The van der Waals surface area contributed by atoms with Gasteiger partial charge in [0.2, 0.25) is 11.8 Å². The first-order chi connectivity index (χ1) is 9.64. The summed E-state index contributed by atoms with van der Waals surface area (Å²) in [5, 5.41) is 0. The zero-order chi connectivity index (χ0) is 16.2. The van der Waals surface area contributed by atoms with E-state index in [1.807, 2.05) is 34.6 Å². The third-order valence-electron chi connectivity index (χ3n) is 4.21. The van der Waals surface area contributed by atoms with Crippen LogP contribution in [0.1, 0.15) is 66.7 Å². The molecular weight excluding hydrogens is 266 g/mol. The van der Waals surface area contributed by atoms with E-state index in [0.717, 1.165) is 19.3 Å². The lowest BCUT2D eigenvalue weighted by atomic mass is 9.88. The monoisotopic (exact) mass is 295 g/mol. The topological polar surface area (TPSA) is 54.5 Å². The molecule has 0 spiro atoms. The number of hydrogen-bond donors (Lipinski definition) is 0. The van der Waals surface area contributed by atoms with Crippen molar-refractivity contribution in [2.24, 2.45) is 17.3 Å². The molecule has 1 unspecified atom stereocenters. The number of ketones is 1. The molecule has 1 aliphatic heterocycles. The first-order valence-electron chi connectivity index (χ1n) is 8.02. The van der Waals surface area contributed by atoms with Crippen molar-refractivity contribution in [3.05, 3.63) is 0 Å². The highest BCUT2D eigenvalue weighted by atomic mass is 16.2. The molecule has 1 saturated heterocycles. The summed E-state index contributed by atoms with van der Waals surface area (Å²) in [5.74, 6) is 0.303. The largest absolute Gasteiger partial charge is 0.299 e. The van der Waals surface area contributed by atoms with Gasteiger partial charge in [0, 0.05) is 30.7 Å². The van der Waals surface area contributed by atoms with Gasteiger partial charge in [0.05, 0.1) is 0 Å². The minimum atomic E-state index is -0.272. The number of carbonyl (C=O) groups excluding carboxylic acids is 3. The minimum Gasteiger partial charge on any atom is -0.299 e. The Bertz CT molecular complexity index is 407. The van der Waals surface area contributed by atoms with Crippen molar-refractivity contribution in [2.45, 2.75) is 66.7 Å². The van der Waals surface area contributed by atoms with E-state index >= 15 is 0 Å². The van der Waals surface area contributed by atoms with Gasteiger partial charge in [0.15, 0.2) is 0 Å². The molecule has 0 aromatic rings. The molecule has 0 aromatic heterocycles. The zero-order valence-electron chi connectivity index (χ0n) is 14.1. The van der Waals surface area contributed by atoms with E-state index < -0.39 is 0 Å². The first-order valence-corrected chi connectivity index (χ1v) is 8.02. The third kappa shape index (κ3) is 4.94. The van der Waals surface area contributed by atoms with Gasteiger partial charge in [0.1, 0.15) is 5.78 Å². The smallest absolute Gasteiger partial charge is 0.233 e. The Hall–Kier alpha value is -1.19. The fourth-order valence-corrected chi connectivity index (χ4v) is 2.57. The van der Waals surface area contributed by atoms with Crippen LogP contribution in [0.25, 0.3) is 0 Å². The molecule has 0 N–H and O–H groups in total. The van der Waals surface area contributed by atoms with Crippen LogP contribution in [-0.4, -0.2) is 29.0 Å². The molecule has 0 radical (unpaired) electrons. The van der Waals surface area contributed by atoms with Gasteiger partial charge in [-0.15, -0.1) is 0 Å². The number of rotatable bonds is 7. The molecule has 0 aliphatic carbocycles. The van der Waals surface area contributed by atoms with E-state index in [0.29, 0.717) is 19.4 Å². The Morgan fingerprint density at radius 1 is 1.19 bits per heavy atom. The molecule has 4 nitrogen and oxygen atoms in total. The first kappa shape index (κ1) is 17.9. The SMILES string of the molecule is CC(C)C1CC(=O)N(CCCCCC(=O)C(C)(C)C)C1=O. The second-order valence-electron chi connectivity index (χ2n) is 7.42. The average molecular weight is 295 g/mol. The lowest BCUT2D eigenvalue weighted by molar-refractivity contribution is -0.139. The Morgan fingerprint density at radius 3 is 2.29 bits per heavy atom. The lowest BCUT2D eigenvalue weighted by Gasteiger charge is -2.17. The van der Waals surface area contributed by atoms with E-state index in [-0.39, 0.29) is 34.8 Å². The van der Waals surface area contributed by atoms with E-state index in [1.165, 1.54) is 4.90 Å². The number of nitrogens with zero attached hydrogens (tertiary/aromatic N) is 1. The maximum absolute atomic E-state index is 12.1. The summed E-state index contributed by atoms with van der Waals surface area (Å²) in [5.41, 5.74) is -0.272. The normalized spacial score (nSPS) is 19.7. The summed E-state index contributed by atoms with van der Waals surface area (Å²) in [4.78, 5) is 37.2. The summed E-state index contributed by atoms with van der Waals surface area (Å²) >= 11 is 0. The van der Waals surface area contributed by atoms with Gasteiger partial charge in [-0.05, 0) is 18.8 Å². The van der Waals surface area contributed by atoms with Crippen molar-refractivity contribution in [2.75, 3.05) is 6.54 Å². The molecule has 1 fully saturated rings. The lowest BCUT2D eigenvalue weighted by Crippen LogP contribution is -2.32. The van der Waals surface area contributed by atoms with E-state index in [9.17, 15) is 14.4 Å². The number of hydrogen-bond acceptors (Lipinski definition) is 3. The van der Waals surface area contributed by atoms with Gasteiger partial charge < -0.3 is 0 Å². The third-order valence-corrected chi connectivity index (χ3v) is 4.21. The van der Waals surface area contributed by atoms with Crippen LogP contribution in [0, 0.1) is 17.3 Å². The molecule has 1 atom stereocenters. The maximum Gasteiger partial charge on any atom is 0.233 e. The van der Waals surface area contributed by atoms with Crippen LogP contribution in [0.5, 0.6) is 0 Å². The molecule has 120 valence electrons. The molecule has 0 aromatic carbocycles. The summed E-state index contributed by atoms with van der Waals surface area (Å²) in [6, 6.07) is 0. The predicted molar refractivity (Wildman–Crippen MR) is 82.6 cm³/mol. The van der Waals surface area contributed by atoms with Crippen LogP contribution in [-0.2, 0) is 14.4 Å². The minimum absolute atomic E-state index is 0.0132. The summed E-state index contributed by atoms with van der Waals surface area (Å²) in [7, 11) is 0. The predicted octanol–water partition coefficient (Wildman–Crippen LogP) is 3.19. The van der Waals surface area contributed by atoms with Crippen LogP contribution in [0.15, 0.2) is 0 Å². The Kier molecular flexibility index (Phi) is 6.11. The van der Waals surface area contributed by atoms with Crippen molar-refractivity contribution in [3.8, 4) is 0 Å². The molecule has 21 heavy (non-hydrogen) atoms. The maximum atomic E-state index is 12.1. The quantitative estimate of drug-likeness (QED) is 0.535. The van der Waals surface area contributed by atoms with Crippen LogP contribution >= 0.6 is 0 Å². The average Bonchev–Trinajstić information content (AvgIpc) is 2.64. The number of Topliss-reactive ketones (excluding diaryl/α,β-unsaturated/α-hetero) is 1. The van der Waals surface area contributed by atoms with Gasteiger partial charge in [-0.25, -0.2) is 0 Å². The molecule has 0 bridgehead atoms. The van der Waals surface area contributed by atoms with Crippen molar-refractivity contribution in [1.29, 1.82) is 0 Å². The van der Waals surface area contributed by atoms with E-state index in [4.69, 9.17) is 0 Å². The molecule has 2 amide bonds. The summed E-state index contributed by atoms with van der Waals surface area (Å²) in [6.45, 7) is 10.3. The van der Waals surface area contributed by atoms with Crippen LogP contribution in [0.3, 0.4) is 0 Å². The standard InChI is InChI=1S/C17H29NO3/c1-12(2)13-11-15(20)18(16(13)21)10-8-6-7-9-14(19)17(3,4)5/h12-13H,6-11H2,1-5H3. The fourth-order valence-electron chi connectivity index (χ4n) is 2.57. The number of amides is 2. The number of carbonyl (C=O) groups is 3. The van der Waals surface area contributed by atoms with Crippen molar-refractivity contribution >= 4 is 17.6 Å². The van der Waals surface area contributed by atoms with Gasteiger partial charge >= 0.3 is 0 Å². The summed E-state index contributed by atoms with van der Waals surface area (Å²) < 4.78 is 0. The zero-order valence-corrected chi connectivity index (χ0v) is 14.1. The fraction of sp³-hybridized carbons (Fsp3) is 0.824. The Balaban J connectivity index is 2.29. The van der Waals surface area contributed by atoms with Gasteiger partial charge in [0.25, 0.3) is 0 Å². The van der Waals surface area contributed by atoms with E-state index in [2.05, 4.69) is 0 Å². The van der Waals surface area contributed by atoms with Crippen molar-refractivity contribution in [3.63, 3.8) is 0 Å². The number of unbranched alkanes of at least 4 members (excludes halogenated alkanes) is 2.